The largest absolute Gasteiger partial charge is 0.381 e. The third-order valence-corrected chi connectivity index (χ3v) is 1.99. The maximum Gasteiger partial charge on any atom is 0.0611 e. The molecule has 12 heavy (non-hydrogen) atoms. The number of hydrogen-bond acceptors (Lipinski definition) is 1. The molecule has 0 spiro atoms. The Hall–Kier alpha value is -0.560. The van der Waals surface area contributed by atoms with E-state index in [9.17, 15) is 0 Å². The van der Waals surface area contributed by atoms with Gasteiger partial charge in [-0.15, -0.1) is 0 Å². The zero-order valence-corrected chi connectivity index (χ0v) is 8.31. The molecular formula is C11H20O. The van der Waals surface area contributed by atoms with Gasteiger partial charge in [0.25, 0.3) is 0 Å². The van der Waals surface area contributed by atoms with E-state index in [0.717, 1.165) is 18.4 Å². The van der Waals surface area contributed by atoms with Crippen molar-refractivity contribution in [3.63, 3.8) is 0 Å². The molecule has 0 aromatic carbocycles. The van der Waals surface area contributed by atoms with Crippen molar-refractivity contribution in [2.45, 2.75) is 38.7 Å². The lowest BCUT2D eigenvalue weighted by atomic mass is 10.0. The summed E-state index contributed by atoms with van der Waals surface area (Å²) < 4.78 is 5.32. The van der Waals surface area contributed by atoms with Crippen molar-refractivity contribution in [2.75, 3.05) is 7.11 Å². The van der Waals surface area contributed by atoms with Crippen LogP contribution in [0.3, 0.4) is 0 Å². The zero-order chi connectivity index (χ0) is 9.40. The van der Waals surface area contributed by atoms with Gasteiger partial charge in [-0.3, -0.25) is 0 Å². The predicted molar refractivity (Wildman–Crippen MR) is 54.3 cm³/mol. The highest BCUT2D eigenvalue weighted by molar-refractivity contribution is 5.11. The lowest BCUT2D eigenvalue weighted by Crippen LogP contribution is -2.10. The number of rotatable bonds is 7. The van der Waals surface area contributed by atoms with Crippen LogP contribution in [-0.2, 0) is 4.74 Å². The lowest BCUT2D eigenvalue weighted by Gasteiger charge is -2.14. The van der Waals surface area contributed by atoms with Gasteiger partial charge in [-0.2, -0.15) is 0 Å². The number of methoxy groups -OCH3 is 1. The molecule has 0 fully saturated rings. The fourth-order valence-corrected chi connectivity index (χ4v) is 1.11. The average Bonchev–Trinajstić information content (AvgIpc) is 2.11. The average molecular weight is 168 g/mol. The summed E-state index contributed by atoms with van der Waals surface area (Å²) in [6, 6.07) is 0. The Morgan fingerprint density at radius 3 is 2.67 bits per heavy atom. The van der Waals surface area contributed by atoms with Crippen LogP contribution in [0, 0.1) is 0 Å². The zero-order valence-electron chi connectivity index (χ0n) is 8.31. The standard InChI is InChI=1S/C11H20O/c1-5-7-8-11(12-4)9-10(3)6-2/h6,11H,2-3,5,7-9H2,1,4H3. The van der Waals surface area contributed by atoms with E-state index >= 15 is 0 Å². The molecule has 0 aromatic rings. The minimum Gasteiger partial charge on any atom is -0.381 e. The van der Waals surface area contributed by atoms with E-state index in [4.69, 9.17) is 4.74 Å². The van der Waals surface area contributed by atoms with Gasteiger partial charge >= 0.3 is 0 Å². The van der Waals surface area contributed by atoms with Gasteiger partial charge in [0.1, 0.15) is 0 Å². The van der Waals surface area contributed by atoms with Crippen molar-refractivity contribution in [1.82, 2.24) is 0 Å². The van der Waals surface area contributed by atoms with Crippen LogP contribution in [0.4, 0.5) is 0 Å². The third kappa shape index (κ3) is 5.14. The van der Waals surface area contributed by atoms with E-state index < -0.39 is 0 Å². The van der Waals surface area contributed by atoms with Crippen LogP contribution < -0.4 is 0 Å². The Kier molecular flexibility index (Phi) is 6.78. The first kappa shape index (κ1) is 11.4. The topological polar surface area (TPSA) is 9.23 Å². The molecule has 70 valence electrons. The maximum atomic E-state index is 5.32. The van der Waals surface area contributed by atoms with Crippen LogP contribution >= 0.6 is 0 Å². The van der Waals surface area contributed by atoms with Crippen molar-refractivity contribution in [2.24, 2.45) is 0 Å². The summed E-state index contributed by atoms with van der Waals surface area (Å²) >= 11 is 0. The molecule has 0 heterocycles. The molecule has 0 N–H and O–H groups in total. The summed E-state index contributed by atoms with van der Waals surface area (Å²) in [6.07, 6.45) is 6.62. The molecule has 0 saturated carbocycles. The SMILES string of the molecule is C=CC(=C)CC(CCCC)OC. The number of hydrogen-bond donors (Lipinski definition) is 0. The van der Waals surface area contributed by atoms with E-state index in [1.165, 1.54) is 12.8 Å². The Labute approximate surface area is 76.1 Å². The molecule has 0 aromatic heterocycles. The van der Waals surface area contributed by atoms with E-state index in [1.54, 1.807) is 13.2 Å². The Morgan fingerprint density at radius 1 is 1.58 bits per heavy atom. The molecule has 1 atom stereocenters. The molecule has 1 heteroatoms. The van der Waals surface area contributed by atoms with Gasteiger partial charge < -0.3 is 4.74 Å². The first-order chi connectivity index (χ1) is 5.74. The predicted octanol–water partition coefficient (Wildman–Crippen LogP) is 3.32. The Bertz CT molecular complexity index is 138. The number of ether oxygens (including phenoxy) is 1. The highest BCUT2D eigenvalue weighted by Crippen LogP contribution is 2.13. The van der Waals surface area contributed by atoms with E-state index in [1.807, 2.05) is 0 Å². The normalized spacial score (nSPS) is 12.5. The van der Waals surface area contributed by atoms with E-state index in [2.05, 4.69) is 20.1 Å². The third-order valence-electron chi connectivity index (χ3n) is 1.99. The summed E-state index contributed by atoms with van der Waals surface area (Å²) in [7, 11) is 1.76. The highest BCUT2D eigenvalue weighted by Gasteiger charge is 2.06. The quantitative estimate of drug-likeness (QED) is 0.530. The van der Waals surface area contributed by atoms with Crippen LogP contribution in [-0.4, -0.2) is 13.2 Å². The van der Waals surface area contributed by atoms with Gasteiger partial charge in [-0.05, 0) is 12.8 Å². The molecule has 0 saturated heterocycles. The van der Waals surface area contributed by atoms with E-state index in [0.29, 0.717) is 6.10 Å². The number of unbranched alkanes of at least 4 members (excludes halogenated alkanes) is 1. The summed E-state index contributed by atoms with van der Waals surface area (Å²) in [5.41, 5.74) is 1.07. The first-order valence-corrected chi connectivity index (χ1v) is 4.57. The molecule has 1 unspecified atom stereocenters. The van der Waals surface area contributed by atoms with Gasteiger partial charge in [0.05, 0.1) is 6.10 Å². The lowest BCUT2D eigenvalue weighted by molar-refractivity contribution is 0.0943. The molecule has 0 aliphatic rings. The van der Waals surface area contributed by atoms with Crippen LogP contribution in [0.25, 0.3) is 0 Å². The molecule has 0 rings (SSSR count). The van der Waals surface area contributed by atoms with Crippen molar-refractivity contribution < 1.29 is 4.74 Å². The number of allylic oxidation sites excluding steroid dienone is 1. The summed E-state index contributed by atoms with van der Waals surface area (Å²) in [6.45, 7) is 9.73. The van der Waals surface area contributed by atoms with Gasteiger partial charge in [0.2, 0.25) is 0 Å². The minimum absolute atomic E-state index is 0.329. The van der Waals surface area contributed by atoms with Crippen molar-refractivity contribution in [3.8, 4) is 0 Å². The second-order valence-electron chi connectivity index (χ2n) is 3.07. The highest BCUT2D eigenvalue weighted by atomic mass is 16.5. The van der Waals surface area contributed by atoms with Crippen molar-refractivity contribution in [3.05, 3.63) is 24.8 Å². The molecule has 0 aliphatic carbocycles. The van der Waals surface area contributed by atoms with E-state index in [-0.39, 0.29) is 0 Å². The molecule has 0 bridgehead atoms. The second-order valence-corrected chi connectivity index (χ2v) is 3.07. The Balaban J connectivity index is 3.66. The maximum absolute atomic E-state index is 5.32. The Morgan fingerprint density at radius 2 is 2.25 bits per heavy atom. The monoisotopic (exact) mass is 168 g/mol. The minimum atomic E-state index is 0.329. The van der Waals surface area contributed by atoms with Gasteiger partial charge in [0.15, 0.2) is 0 Å². The van der Waals surface area contributed by atoms with Crippen LogP contribution in [0.15, 0.2) is 24.8 Å². The van der Waals surface area contributed by atoms with Gasteiger partial charge in [-0.25, -0.2) is 0 Å². The summed E-state index contributed by atoms with van der Waals surface area (Å²) in [5, 5.41) is 0. The van der Waals surface area contributed by atoms with Crippen LogP contribution in [0.1, 0.15) is 32.6 Å². The molecule has 1 nitrogen and oxygen atoms in total. The van der Waals surface area contributed by atoms with Crippen LogP contribution in [0.5, 0.6) is 0 Å². The fourth-order valence-electron chi connectivity index (χ4n) is 1.11. The van der Waals surface area contributed by atoms with Gasteiger partial charge in [0, 0.05) is 7.11 Å². The molecule has 0 aliphatic heterocycles. The first-order valence-electron chi connectivity index (χ1n) is 4.57. The molecule has 0 amide bonds. The summed E-state index contributed by atoms with van der Waals surface area (Å²) in [4.78, 5) is 0. The van der Waals surface area contributed by atoms with Crippen molar-refractivity contribution >= 4 is 0 Å². The fraction of sp³-hybridized carbons (Fsp3) is 0.636. The van der Waals surface area contributed by atoms with Gasteiger partial charge in [-0.1, -0.05) is 44.6 Å². The van der Waals surface area contributed by atoms with Crippen molar-refractivity contribution in [1.29, 1.82) is 0 Å². The summed E-state index contributed by atoms with van der Waals surface area (Å²) in [5.74, 6) is 0. The smallest absolute Gasteiger partial charge is 0.0611 e. The molecule has 0 radical (unpaired) electrons. The second kappa shape index (κ2) is 7.11. The molecular weight excluding hydrogens is 148 g/mol. The van der Waals surface area contributed by atoms with Crippen LogP contribution in [0.2, 0.25) is 0 Å².